The predicted octanol–water partition coefficient (Wildman–Crippen LogP) is 2.58. The number of aliphatic hydroxyl groups excluding tert-OH is 1. The van der Waals surface area contributed by atoms with E-state index in [2.05, 4.69) is 16.0 Å². The number of ether oxygens (including phenoxy) is 1. The van der Waals surface area contributed by atoms with Crippen LogP contribution in [0.2, 0.25) is 0 Å². The number of hydrogen-bond donors (Lipinski definition) is 1. The van der Waals surface area contributed by atoms with Crippen LogP contribution in [0.5, 0.6) is 5.75 Å². The summed E-state index contributed by atoms with van der Waals surface area (Å²) < 4.78 is 5.29. The molecule has 0 amide bonds. The lowest BCUT2D eigenvalue weighted by Crippen LogP contribution is -2.25. The van der Waals surface area contributed by atoms with Crippen LogP contribution >= 0.6 is 0 Å². The number of anilines is 1. The van der Waals surface area contributed by atoms with Gasteiger partial charge < -0.3 is 14.7 Å². The number of β-amino-alcohol motifs (C(OH)–C–C–N with tert-alkyl or cyclic N) is 1. The molecule has 5 heteroatoms. The Morgan fingerprint density at radius 1 is 1.35 bits per heavy atom. The minimum atomic E-state index is -0.417. The number of aromatic nitrogens is 1. The van der Waals surface area contributed by atoms with Crippen molar-refractivity contribution in [2.45, 2.75) is 25.5 Å². The maximum Gasteiger partial charge on any atom is 0.145 e. The Balaban J connectivity index is 1.98. The summed E-state index contributed by atoms with van der Waals surface area (Å²) in [4.78, 5) is 6.50. The number of benzene rings is 1. The monoisotopic (exact) mass is 309 g/mol. The summed E-state index contributed by atoms with van der Waals surface area (Å²) in [5.74, 6) is 1.51. The average molecular weight is 309 g/mol. The van der Waals surface area contributed by atoms with Gasteiger partial charge in [0.05, 0.1) is 19.3 Å². The summed E-state index contributed by atoms with van der Waals surface area (Å²) in [6, 6.07) is 13.8. The van der Waals surface area contributed by atoms with Crippen molar-refractivity contribution < 1.29 is 9.84 Å². The highest BCUT2D eigenvalue weighted by Crippen LogP contribution is 2.36. The van der Waals surface area contributed by atoms with Crippen LogP contribution in [0.15, 0.2) is 36.4 Å². The number of aryl methyl sites for hydroxylation is 1. The van der Waals surface area contributed by atoms with E-state index in [4.69, 9.17) is 4.74 Å². The number of nitriles is 1. The Morgan fingerprint density at radius 3 is 2.91 bits per heavy atom. The van der Waals surface area contributed by atoms with Crippen LogP contribution < -0.4 is 9.64 Å². The second-order valence-corrected chi connectivity index (χ2v) is 5.78. The molecule has 23 heavy (non-hydrogen) atoms. The topological polar surface area (TPSA) is 69.4 Å². The second kappa shape index (κ2) is 6.27. The molecule has 2 aromatic rings. The Hall–Kier alpha value is -2.58. The molecule has 5 nitrogen and oxygen atoms in total. The Labute approximate surface area is 135 Å². The lowest BCUT2D eigenvalue weighted by Gasteiger charge is -2.26. The van der Waals surface area contributed by atoms with Gasteiger partial charge in [0.15, 0.2) is 0 Å². The van der Waals surface area contributed by atoms with Crippen molar-refractivity contribution in [1.82, 2.24) is 4.98 Å². The van der Waals surface area contributed by atoms with E-state index < -0.39 is 6.10 Å². The Morgan fingerprint density at radius 2 is 2.17 bits per heavy atom. The number of methoxy groups -OCH3 is 1. The SMILES string of the molecule is COc1cccc(C2CC(O)CN2c2ccc(C)c(C#N)n2)c1. The second-order valence-electron chi connectivity index (χ2n) is 5.78. The molecule has 118 valence electrons. The third-order valence-electron chi connectivity index (χ3n) is 4.24. The summed E-state index contributed by atoms with van der Waals surface area (Å²) in [5, 5.41) is 19.3. The largest absolute Gasteiger partial charge is 0.497 e. The lowest BCUT2D eigenvalue weighted by atomic mass is 10.0. The highest BCUT2D eigenvalue weighted by atomic mass is 16.5. The Bertz CT molecular complexity index is 754. The van der Waals surface area contributed by atoms with Crippen LogP contribution in [-0.4, -0.2) is 29.8 Å². The fourth-order valence-corrected chi connectivity index (χ4v) is 3.02. The van der Waals surface area contributed by atoms with Crippen LogP contribution in [0, 0.1) is 18.3 Å². The van der Waals surface area contributed by atoms with Crippen LogP contribution in [0.3, 0.4) is 0 Å². The molecule has 2 unspecified atom stereocenters. The number of rotatable bonds is 3. The summed E-state index contributed by atoms with van der Waals surface area (Å²) in [6.07, 6.45) is 0.213. The molecule has 1 fully saturated rings. The average Bonchev–Trinajstić information content (AvgIpc) is 2.97. The fraction of sp³-hybridized carbons (Fsp3) is 0.333. The molecule has 2 atom stereocenters. The number of nitrogens with zero attached hydrogens (tertiary/aromatic N) is 3. The van der Waals surface area contributed by atoms with E-state index in [1.165, 1.54) is 0 Å². The first-order chi connectivity index (χ1) is 11.1. The van der Waals surface area contributed by atoms with E-state index in [1.807, 2.05) is 43.3 Å². The summed E-state index contributed by atoms with van der Waals surface area (Å²) >= 11 is 0. The van der Waals surface area contributed by atoms with Gasteiger partial charge in [-0.3, -0.25) is 0 Å². The molecule has 0 saturated carbocycles. The van der Waals surface area contributed by atoms with Crippen LogP contribution in [-0.2, 0) is 0 Å². The van der Waals surface area contributed by atoms with Gasteiger partial charge in [-0.1, -0.05) is 18.2 Å². The zero-order valence-electron chi connectivity index (χ0n) is 13.2. The third-order valence-corrected chi connectivity index (χ3v) is 4.24. The van der Waals surface area contributed by atoms with Crippen molar-refractivity contribution in [3.8, 4) is 11.8 Å². The zero-order chi connectivity index (χ0) is 16.4. The van der Waals surface area contributed by atoms with Gasteiger partial charge in [-0.2, -0.15) is 5.26 Å². The van der Waals surface area contributed by atoms with E-state index in [9.17, 15) is 10.4 Å². The minimum absolute atomic E-state index is 0.0156. The van der Waals surface area contributed by atoms with Gasteiger partial charge in [0.1, 0.15) is 23.3 Å². The van der Waals surface area contributed by atoms with Crippen molar-refractivity contribution in [2.75, 3.05) is 18.6 Å². The van der Waals surface area contributed by atoms with E-state index in [1.54, 1.807) is 7.11 Å². The van der Waals surface area contributed by atoms with Gasteiger partial charge in [0.25, 0.3) is 0 Å². The molecule has 0 spiro atoms. The first kappa shape index (κ1) is 15.3. The smallest absolute Gasteiger partial charge is 0.145 e. The zero-order valence-corrected chi connectivity index (χ0v) is 13.2. The molecule has 0 radical (unpaired) electrons. The van der Waals surface area contributed by atoms with Crippen LogP contribution in [0.1, 0.15) is 29.3 Å². The van der Waals surface area contributed by atoms with Crippen molar-refractivity contribution >= 4 is 5.82 Å². The fourth-order valence-electron chi connectivity index (χ4n) is 3.02. The van der Waals surface area contributed by atoms with E-state index >= 15 is 0 Å². The van der Waals surface area contributed by atoms with Crippen molar-refractivity contribution in [3.63, 3.8) is 0 Å². The van der Waals surface area contributed by atoms with Crippen molar-refractivity contribution in [3.05, 3.63) is 53.2 Å². The number of pyridine rings is 1. The third kappa shape index (κ3) is 2.99. The standard InChI is InChI=1S/C18H19N3O2/c1-12-6-7-18(20-16(12)10-19)21-11-14(22)9-17(21)13-4-3-5-15(8-13)23-2/h3-8,14,17,22H,9,11H2,1-2H3. The summed E-state index contributed by atoms with van der Waals surface area (Å²) in [7, 11) is 1.64. The molecule has 1 aromatic carbocycles. The van der Waals surface area contributed by atoms with Gasteiger partial charge >= 0.3 is 0 Å². The normalized spacial score (nSPS) is 20.3. The van der Waals surface area contributed by atoms with E-state index in [-0.39, 0.29) is 6.04 Å². The predicted molar refractivity (Wildman–Crippen MR) is 87.4 cm³/mol. The molecule has 1 N–H and O–H groups in total. The molecule has 2 heterocycles. The molecule has 1 saturated heterocycles. The summed E-state index contributed by atoms with van der Waals surface area (Å²) in [5.41, 5.74) is 2.35. The Kier molecular flexibility index (Phi) is 4.18. The molecule has 3 rings (SSSR count). The van der Waals surface area contributed by atoms with Gasteiger partial charge in [-0.05, 0) is 42.7 Å². The molecule has 1 aliphatic rings. The number of hydrogen-bond acceptors (Lipinski definition) is 5. The van der Waals surface area contributed by atoms with Crippen LogP contribution in [0.4, 0.5) is 5.82 Å². The van der Waals surface area contributed by atoms with Crippen molar-refractivity contribution in [1.29, 1.82) is 5.26 Å². The molecule has 0 bridgehead atoms. The first-order valence-electron chi connectivity index (χ1n) is 7.58. The maximum atomic E-state index is 10.1. The number of aliphatic hydroxyl groups is 1. The van der Waals surface area contributed by atoms with Gasteiger partial charge in [0.2, 0.25) is 0 Å². The molecular weight excluding hydrogens is 290 g/mol. The molecule has 1 aliphatic heterocycles. The first-order valence-corrected chi connectivity index (χ1v) is 7.58. The van der Waals surface area contributed by atoms with Gasteiger partial charge in [0, 0.05) is 6.54 Å². The quantitative estimate of drug-likeness (QED) is 0.943. The van der Waals surface area contributed by atoms with E-state index in [0.29, 0.717) is 18.7 Å². The molecule has 1 aromatic heterocycles. The van der Waals surface area contributed by atoms with Gasteiger partial charge in [-0.25, -0.2) is 4.98 Å². The van der Waals surface area contributed by atoms with Crippen molar-refractivity contribution in [2.24, 2.45) is 0 Å². The highest BCUT2D eigenvalue weighted by molar-refractivity contribution is 5.49. The lowest BCUT2D eigenvalue weighted by molar-refractivity contribution is 0.194. The maximum absolute atomic E-state index is 10.1. The van der Waals surface area contributed by atoms with Crippen LogP contribution in [0.25, 0.3) is 0 Å². The highest BCUT2D eigenvalue weighted by Gasteiger charge is 2.33. The van der Waals surface area contributed by atoms with Gasteiger partial charge in [-0.15, -0.1) is 0 Å². The molecular formula is C18H19N3O2. The minimum Gasteiger partial charge on any atom is -0.497 e. The summed E-state index contributed by atoms with van der Waals surface area (Å²) in [6.45, 7) is 2.37. The molecule has 0 aliphatic carbocycles. The van der Waals surface area contributed by atoms with E-state index in [0.717, 1.165) is 22.7 Å².